The molecule has 0 aromatic heterocycles. The zero-order valence-electron chi connectivity index (χ0n) is 27.9. The van der Waals surface area contributed by atoms with Crippen molar-refractivity contribution in [3.05, 3.63) is 0 Å². The summed E-state index contributed by atoms with van der Waals surface area (Å²) in [5.74, 6) is -1.58. The lowest BCUT2D eigenvalue weighted by atomic mass is 9.91. The van der Waals surface area contributed by atoms with Gasteiger partial charge in [-0.05, 0) is 74.1 Å². The SMILES string of the molecule is CCC(C)(C)C(=O)OCC(O)CO.CCC(C)(C)C(=O)OCCOC(=O)CC(C)=O.CCCCOC(=O)C(C)(C)CC. The minimum absolute atomic E-state index is 0.0162. The quantitative estimate of drug-likeness (QED) is 0.103. The van der Waals surface area contributed by atoms with Gasteiger partial charge in [-0.25, -0.2) is 0 Å². The van der Waals surface area contributed by atoms with Gasteiger partial charge in [0.15, 0.2) is 0 Å². The first-order chi connectivity index (χ1) is 19.3. The van der Waals surface area contributed by atoms with Crippen LogP contribution in [0.3, 0.4) is 0 Å². The van der Waals surface area contributed by atoms with Crippen LogP contribution < -0.4 is 0 Å². The smallest absolute Gasteiger partial charge is 0.313 e. The summed E-state index contributed by atoms with van der Waals surface area (Å²) < 4.78 is 19.6. The Morgan fingerprint density at radius 1 is 0.643 bits per heavy atom. The molecule has 42 heavy (non-hydrogen) atoms. The second-order valence-electron chi connectivity index (χ2n) is 11.9. The first-order valence-electron chi connectivity index (χ1n) is 14.7. The number of carbonyl (C=O) groups excluding carboxylic acids is 5. The van der Waals surface area contributed by atoms with Crippen molar-refractivity contribution in [1.29, 1.82) is 0 Å². The van der Waals surface area contributed by atoms with Crippen molar-refractivity contribution in [2.45, 2.75) is 121 Å². The average Bonchev–Trinajstić information content (AvgIpc) is 2.93. The van der Waals surface area contributed by atoms with E-state index in [9.17, 15) is 24.0 Å². The largest absolute Gasteiger partial charge is 0.465 e. The van der Waals surface area contributed by atoms with Crippen molar-refractivity contribution in [1.82, 2.24) is 0 Å². The van der Waals surface area contributed by atoms with Crippen LogP contribution in [0, 0.1) is 16.2 Å². The molecule has 248 valence electrons. The Morgan fingerprint density at radius 3 is 1.38 bits per heavy atom. The lowest BCUT2D eigenvalue weighted by molar-refractivity contribution is -0.159. The summed E-state index contributed by atoms with van der Waals surface area (Å²) in [6.07, 6.45) is 3.01. The molecule has 0 rings (SSSR count). The molecule has 0 bridgehead atoms. The summed E-state index contributed by atoms with van der Waals surface area (Å²) in [6.45, 7) is 20.2. The maximum atomic E-state index is 11.5. The topological polar surface area (TPSA) is 163 Å². The number of Topliss-reactive ketones (excluding diaryl/α,β-unsaturated/α-hetero) is 1. The van der Waals surface area contributed by atoms with Crippen molar-refractivity contribution in [2.24, 2.45) is 16.2 Å². The number of ketones is 1. The van der Waals surface area contributed by atoms with Crippen LogP contribution in [-0.2, 0) is 42.9 Å². The molecule has 11 heteroatoms. The van der Waals surface area contributed by atoms with Crippen molar-refractivity contribution >= 4 is 29.7 Å². The van der Waals surface area contributed by atoms with E-state index in [4.69, 9.17) is 29.2 Å². The summed E-state index contributed by atoms with van der Waals surface area (Å²) >= 11 is 0. The van der Waals surface area contributed by atoms with E-state index in [-0.39, 0.29) is 62.0 Å². The predicted octanol–water partition coefficient (Wildman–Crippen LogP) is 4.57. The number of carbonyl (C=O) groups is 5. The number of rotatable bonds is 17. The van der Waals surface area contributed by atoms with E-state index in [1.165, 1.54) is 6.92 Å². The zero-order valence-corrected chi connectivity index (χ0v) is 27.9. The van der Waals surface area contributed by atoms with Crippen LogP contribution in [0.2, 0.25) is 0 Å². The Morgan fingerprint density at radius 2 is 1.02 bits per heavy atom. The molecule has 2 N–H and O–H groups in total. The third-order valence-electron chi connectivity index (χ3n) is 6.63. The van der Waals surface area contributed by atoms with Crippen molar-refractivity contribution in [3.8, 4) is 0 Å². The number of esters is 4. The van der Waals surface area contributed by atoms with Gasteiger partial charge in [0.1, 0.15) is 38.1 Å². The van der Waals surface area contributed by atoms with E-state index in [0.29, 0.717) is 19.4 Å². The third-order valence-corrected chi connectivity index (χ3v) is 6.63. The van der Waals surface area contributed by atoms with Gasteiger partial charge in [-0.3, -0.25) is 24.0 Å². The molecule has 1 atom stereocenters. The maximum Gasteiger partial charge on any atom is 0.313 e. The number of unbranched alkanes of at least 4 members (excludes halogenated alkanes) is 1. The maximum absolute atomic E-state index is 11.5. The number of hydrogen-bond donors (Lipinski definition) is 2. The first-order valence-corrected chi connectivity index (χ1v) is 14.7. The third kappa shape index (κ3) is 22.1. The van der Waals surface area contributed by atoms with Gasteiger partial charge in [0.2, 0.25) is 0 Å². The Balaban J connectivity index is -0.000000554. The molecular formula is C31H58O11. The molecule has 0 radical (unpaired) electrons. The molecule has 0 saturated heterocycles. The summed E-state index contributed by atoms with van der Waals surface area (Å²) in [6, 6.07) is 0. The van der Waals surface area contributed by atoms with Crippen molar-refractivity contribution in [3.63, 3.8) is 0 Å². The van der Waals surface area contributed by atoms with E-state index < -0.39 is 22.9 Å². The molecule has 0 aromatic carbocycles. The van der Waals surface area contributed by atoms with Crippen LogP contribution in [-0.4, -0.2) is 79.0 Å². The molecule has 0 spiro atoms. The fraction of sp³-hybridized carbons (Fsp3) is 0.839. The van der Waals surface area contributed by atoms with Crippen LogP contribution in [0.5, 0.6) is 0 Å². The van der Waals surface area contributed by atoms with E-state index in [1.54, 1.807) is 27.7 Å². The van der Waals surface area contributed by atoms with E-state index in [1.807, 2.05) is 34.6 Å². The highest BCUT2D eigenvalue weighted by atomic mass is 16.6. The van der Waals surface area contributed by atoms with Gasteiger partial charge in [0.05, 0.1) is 29.5 Å². The van der Waals surface area contributed by atoms with Crippen LogP contribution in [0.4, 0.5) is 0 Å². The van der Waals surface area contributed by atoms with Gasteiger partial charge in [-0.2, -0.15) is 0 Å². The Bertz CT molecular complexity index is 801. The average molecular weight is 607 g/mol. The Kier molecular flexibility index (Phi) is 24.0. The molecule has 0 aromatic rings. The molecule has 0 aliphatic heterocycles. The van der Waals surface area contributed by atoms with Gasteiger partial charge < -0.3 is 29.2 Å². The summed E-state index contributed by atoms with van der Waals surface area (Å²) in [4.78, 5) is 55.7. The Labute approximate surface area is 253 Å². The van der Waals surface area contributed by atoms with Crippen LogP contribution in [0.15, 0.2) is 0 Å². The highest BCUT2D eigenvalue weighted by Gasteiger charge is 2.28. The minimum atomic E-state index is -0.975. The van der Waals surface area contributed by atoms with Crippen LogP contribution in [0.25, 0.3) is 0 Å². The molecule has 0 fully saturated rings. The molecule has 0 aliphatic carbocycles. The molecular weight excluding hydrogens is 548 g/mol. The molecule has 0 amide bonds. The summed E-state index contributed by atoms with van der Waals surface area (Å²) in [5.41, 5.74) is -1.35. The van der Waals surface area contributed by atoms with Crippen LogP contribution in [0.1, 0.15) is 115 Å². The monoisotopic (exact) mass is 606 g/mol. The van der Waals surface area contributed by atoms with E-state index in [0.717, 1.165) is 19.3 Å². The molecule has 0 saturated carbocycles. The molecule has 11 nitrogen and oxygen atoms in total. The van der Waals surface area contributed by atoms with Crippen molar-refractivity contribution in [2.75, 3.05) is 33.0 Å². The Hall–Kier alpha value is -2.53. The predicted molar refractivity (Wildman–Crippen MR) is 159 cm³/mol. The fourth-order valence-electron chi connectivity index (χ4n) is 2.10. The lowest BCUT2D eigenvalue weighted by Crippen LogP contribution is -2.30. The standard InChI is InChI=1S/C12H20O5.C10H20O2.C9H18O4/c1-5-12(3,4)11(15)17-7-6-16-10(14)8-9(2)13;1-5-7-8-12-9(11)10(3,4)6-2;1-4-9(2,3)8(12)13-6-7(11)5-10/h5-8H2,1-4H3;5-8H2,1-4H3;7,10-11H,4-6H2,1-3H3. The van der Waals surface area contributed by atoms with Gasteiger partial charge in [-0.15, -0.1) is 0 Å². The molecule has 0 aliphatic rings. The highest BCUT2D eigenvalue weighted by molar-refractivity contribution is 5.94. The van der Waals surface area contributed by atoms with Crippen LogP contribution >= 0.6 is 0 Å². The van der Waals surface area contributed by atoms with Gasteiger partial charge in [0, 0.05) is 0 Å². The summed E-state index contributed by atoms with van der Waals surface area (Å²) in [5, 5.41) is 17.4. The number of ether oxygens (including phenoxy) is 4. The number of hydrogen-bond acceptors (Lipinski definition) is 11. The van der Waals surface area contributed by atoms with Gasteiger partial charge >= 0.3 is 23.9 Å². The van der Waals surface area contributed by atoms with Gasteiger partial charge in [-0.1, -0.05) is 34.1 Å². The second kappa shape index (κ2) is 23.0. The van der Waals surface area contributed by atoms with Gasteiger partial charge in [0.25, 0.3) is 0 Å². The van der Waals surface area contributed by atoms with E-state index >= 15 is 0 Å². The first kappa shape index (κ1) is 43.9. The minimum Gasteiger partial charge on any atom is -0.465 e. The zero-order chi connectivity index (χ0) is 33.6. The fourth-order valence-corrected chi connectivity index (χ4v) is 2.10. The summed E-state index contributed by atoms with van der Waals surface area (Å²) in [7, 11) is 0. The van der Waals surface area contributed by atoms with Crippen molar-refractivity contribution < 1.29 is 53.1 Å². The second-order valence-corrected chi connectivity index (χ2v) is 11.9. The number of aliphatic hydroxyl groups excluding tert-OH is 2. The highest BCUT2D eigenvalue weighted by Crippen LogP contribution is 2.22. The normalized spacial score (nSPS) is 11.9. The lowest BCUT2D eigenvalue weighted by Gasteiger charge is -2.21. The molecule has 1 unspecified atom stereocenters. The number of aliphatic hydroxyl groups is 2. The molecule has 0 heterocycles. The van der Waals surface area contributed by atoms with E-state index in [2.05, 4.69) is 6.92 Å².